The maximum absolute atomic E-state index is 9.53. The SMILES string of the molecule is O[C@H]1CCCN(C/C=C/c2ccccc2)C1. The largest absolute Gasteiger partial charge is 0.392 e. The molecule has 1 atom stereocenters. The van der Waals surface area contributed by atoms with Gasteiger partial charge in [-0.3, -0.25) is 4.90 Å². The second-order valence-electron chi connectivity index (χ2n) is 4.37. The summed E-state index contributed by atoms with van der Waals surface area (Å²) in [6.07, 6.45) is 6.26. The minimum atomic E-state index is -0.126. The van der Waals surface area contributed by atoms with Crippen LogP contribution in [0.5, 0.6) is 0 Å². The summed E-state index contributed by atoms with van der Waals surface area (Å²) >= 11 is 0. The van der Waals surface area contributed by atoms with Crippen LogP contribution in [0.15, 0.2) is 36.4 Å². The van der Waals surface area contributed by atoms with Crippen molar-refractivity contribution in [2.45, 2.75) is 18.9 Å². The highest BCUT2D eigenvalue weighted by molar-refractivity contribution is 5.48. The van der Waals surface area contributed by atoms with Gasteiger partial charge in [-0.25, -0.2) is 0 Å². The average Bonchev–Trinajstić information content (AvgIpc) is 2.30. The topological polar surface area (TPSA) is 23.5 Å². The summed E-state index contributed by atoms with van der Waals surface area (Å²) < 4.78 is 0. The van der Waals surface area contributed by atoms with Crippen LogP contribution in [0.1, 0.15) is 18.4 Å². The zero-order valence-electron chi connectivity index (χ0n) is 9.55. The molecule has 1 aliphatic rings. The number of rotatable bonds is 3. The van der Waals surface area contributed by atoms with Crippen LogP contribution in [0, 0.1) is 0 Å². The van der Waals surface area contributed by atoms with Crippen molar-refractivity contribution in [1.29, 1.82) is 0 Å². The molecule has 2 nitrogen and oxygen atoms in total. The maximum Gasteiger partial charge on any atom is 0.0667 e. The zero-order valence-corrected chi connectivity index (χ0v) is 9.55. The van der Waals surface area contributed by atoms with Crippen LogP contribution in [-0.2, 0) is 0 Å². The molecule has 86 valence electrons. The first kappa shape index (κ1) is 11.4. The van der Waals surface area contributed by atoms with Gasteiger partial charge < -0.3 is 5.11 Å². The molecule has 0 aromatic heterocycles. The first-order valence-corrected chi connectivity index (χ1v) is 5.96. The first-order valence-electron chi connectivity index (χ1n) is 5.96. The minimum Gasteiger partial charge on any atom is -0.392 e. The van der Waals surface area contributed by atoms with Gasteiger partial charge in [-0.05, 0) is 24.9 Å². The summed E-state index contributed by atoms with van der Waals surface area (Å²) in [5, 5.41) is 9.53. The Morgan fingerprint density at radius 1 is 1.31 bits per heavy atom. The smallest absolute Gasteiger partial charge is 0.0667 e. The molecule has 2 rings (SSSR count). The molecular weight excluding hydrogens is 198 g/mol. The highest BCUT2D eigenvalue weighted by Gasteiger charge is 2.15. The summed E-state index contributed by atoms with van der Waals surface area (Å²) in [5.41, 5.74) is 1.24. The molecular formula is C14H19NO. The lowest BCUT2D eigenvalue weighted by molar-refractivity contribution is 0.0771. The predicted octanol–water partition coefficient (Wildman–Crippen LogP) is 2.16. The van der Waals surface area contributed by atoms with Gasteiger partial charge in [-0.15, -0.1) is 0 Å². The highest BCUT2D eigenvalue weighted by Crippen LogP contribution is 2.09. The number of hydrogen-bond donors (Lipinski definition) is 1. The Labute approximate surface area is 97.2 Å². The lowest BCUT2D eigenvalue weighted by atomic mass is 10.1. The van der Waals surface area contributed by atoms with Gasteiger partial charge in [-0.1, -0.05) is 42.5 Å². The lowest BCUT2D eigenvalue weighted by Gasteiger charge is -2.28. The standard InChI is InChI=1S/C14H19NO/c16-14-9-5-11-15(12-14)10-4-8-13-6-2-1-3-7-13/h1-4,6-8,14,16H,5,9-12H2/b8-4+/t14-/m0/s1. The third-order valence-corrected chi connectivity index (χ3v) is 2.95. The summed E-state index contributed by atoms with van der Waals surface area (Å²) in [6.45, 7) is 2.86. The van der Waals surface area contributed by atoms with E-state index in [9.17, 15) is 5.11 Å². The average molecular weight is 217 g/mol. The van der Waals surface area contributed by atoms with E-state index in [1.807, 2.05) is 18.2 Å². The molecule has 0 aliphatic carbocycles. The molecule has 16 heavy (non-hydrogen) atoms. The van der Waals surface area contributed by atoms with Gasteiger partial charge in [0.2, 0.25) is 0 Å². The molecule has 1 heterocycles. The first-order chi connectivity index (χ1) is 7.84. The normalized spacial score (nSPS) is 22.7. The highest BCUT2D eigenvalue weighted by atomic mass is 16.3. The molecule has 2 heteroatoms. The van der Waals surface area contributed by atoms with Crippen molar-refractivity contribution >= 4 is 6.08 Å². The summed E-state index contributed by atoms with van der Waals surface area (Å²) in [4.78, 5) is 2.30. The zero-order chi connectivity index (χ0) is 11.2. The second kappa shape index (κ2) is 5.83. The Morgan fingerprint density at radius 3 is 2.88 bits per heavy atom. The van der Waals surface area contributed by atoms with Gasteiger partial charge in [0.25, 0.3) is 0 Å². The minimum absolute atomic E-state index is 0.126. The summed E-state index contributed by atoms with van der Waals surface area (Å²) in [7, 11) is 0. The van der Waals surface area contributed by atoms with Crippen molar-refractivity contribution in [3.8, 4) is 0 Å². The van der Waals surface area contributed by atoms with Crippen LogP contribution < -0.4 is 0 Å². The van der Waals surface area contributed by atoms with E-state index >= 15 is 0 Å². The molecule has 0 unspecified atom stereocenters. The number of nitrogens with zero attached hydrogens (tertiary/aromatic N) is 1. The summed E-state index contributed by atoms with van der Waals surface area (Å²) in [5.74, 6) is 0. The van der Waals surface area contributed by atoms with Crippen LogP contribution >= 0.6 is 0 Å². The van der Waals surface area contributed by atoms with E-state index in [4.69, 9.17) is 0 Å². The molecule has 1 saturated heterocycles. The molecule has 0 amide bonds. The fraction of sp³-hybridized carbons (Fsp3) is 0.429. The van der Waals surface area contributed by atoms with Crippen molar-refractivity contribution in [2.24, 2.45) is 0 Å². The Morgan fingerprint density at radius 2 is 2.12 bits per heavy atom. The number of hydrogen-bond acceptors (Lipinski definition) is 2. The van der Waals surface area contributed by atoms with Gasteiger partial charge in [0.05, 0.1) is 6.10 Å². The number of aliphatic hydroxyl groups excluding tert-OH is 1. The molecule has 0 bridgehead atoms. The van der Waals surface area contributed by atoms with Crippen molar-refractivity contribution in [1.82, 2.24) is 4.90 Å². The van der Waals surface area contributed by atoms with Crippen LogP contribution in [0.2, 0.25) is 0 Å². The van der Waals surface area contributed by atoms with E-state index in [-0.39, 0.29) is 6.10 Å². The number of piperidine rings is 1. The fourth-order valence-corrected chi connectivity index (χ4v) is 2.10. The van der Waals surface area contributed by atoms with Gasteiger partial charge in [-0.2, -0.15) is 0 Å². The van der Waals surface area contributed by atoms with Gasteiger partial charge in [0, 0.05) is 13.1 Å². The van der Waals surface area contributed by atoms with Crippen LogP contribution in [0.3, 0.4) is 0 Å². The van der Waals surface area contributed by atoms with E-state index in [0.29, 0.717) is 0 Å². The predicted molar refractivity (Wildman–Crippen MR) is 67.2 cm³/mol. The molecule has 1 aromatic rings. The number of likely N-dealkylation sites (tertiary alicyclic amines) is 1. The molecule has 0 spiro atoms. The monoisotopic (exact) mass is 217 g/mol. The Balaban J connectivity index is 1.80. The lowest BCUT2D eigenvalue weighted by Crippen LogP contribution is -2.38. The van der Waals surface area contributed by atoms with E-state index in [2.05, 4.69) is 29.2 Å². The van der Waals surface area contributed by atoms with Crippen molar-refractivity contribution in [2.75, 3.05) is 19.6 Å². The van der Waals surface area contributed by atoms with Crippen molar-refractivity contribution in [3.05, 3.63) is 42.0 Å². The van der Waals surface area contributed by atoms with E-state index < -0.39 is 0 Å². The Bertz CT molecular complexity index is 334. The van der Waals surface area contributed by atoms with Gasteiger partial charge >= 0.3 is 0 Å². The van der Waals surface area contributed by atoms with Crippen molar-refractivity contribution in [3.63, 3.8) is 0 Å². The molecule has 1 aromatic carbocycles. The van der Waals surface area contributed by atoms with Crippen LogP contribution in [0.4, 0.5) is 0 Å². The molecule has 0 radical (unpaired) electrons. The molecule has 1 N–H and O–H groups in total. The molecule has 0 saturated carbocycles. The van der Waals surface area contributed by atoms with Crippen LogP contribution in [-0.4, -0.2) is 35.7 Å². The van der Waals surface area contributed by atoms with E-state index in [1.54, 1.807) is 0 Å². The Kier molecular flexibility index (Phi) is 4.14. The van der Waals surface area contributed by atoms with E-state index in [0.717, 1.165) is 32.5 Å². The Hall–Kier alpha value is -1.12. The maximum atomic E-state index is 9.53. The molecule has 1 aliphatic heterocycles. The fourth-order valence-electron chi connectivity index (χ4n) is 2.10. The number of β-amino-alcohol motifs (C(OH)–C–C–N with tert-alkyl or cyclic N) is 1. The third kappa shape index (κ3) is 3.47. The molecule has 1 fully saturated rings. The quantitative estimate of drug-likeness (QED) is 0.838. The van der Waals surface area contributed by atoms with E-state index in [1.165, 1.54) is 5.56 Å². The summed E-state index contributed by atoms with van der Waals surface area (Å²) in [6, 6.07) is 10.3. The van der Waals surface area contributed by atoms with Crippen LogP contribution in [0.25, 0.3) is 6.08 Å². The number of aliphatic hydroxyl groups is 1. The van der Waals surface area contributed by atoms with Crippen molar-refractivity contribution < 1.29 is 5.11 Å². The van der Waals surface area contributed by atoms with Gasteiger partial charge in [0.1, 0.15) is 0 Å². The third-order valence-electron chi connectivity index (χ3n) is 2.95. The number of benzene rings is 1. The second-order valence-corrected chi connectivity index (χ2v) is 4.37. The van der Waals surface area contributed by atoms with Gasteiger partial charge in [0.15, 0.2) is 0 Å².